The maximum absolute atomic E-state index is 12.0. The van der Waals surface area contributed by atoms with E-state index in [1.54, 1.807) is 30.3 Å². The van der Waals surface area contributed by atoms with Crippen molar-refractivity contribution in [1.82, 2.24) is 10.2 Å². The van der Waals surface area contributed by atoms with E-state index in [0.717, 1.165) is 18.4 Å². The highest BCUT2D eigenvalue weighted by Crippen LogP contribution is 2.14. The molecule has 5 heteroatoms. The largest absolute Gasteiger partial charge is 0.350 e. The van der Waals surface area contributed by atoms with Crippen LogP contribution in [0.1, 0.15) is 44.2 Å². The first-order valence-electron chi connectivity index (χ1n) is 8.74. The summed E-state index contributed by atoms with van der Waals surface area (Å²) in [5.41, 5.74) is 1.48. The van der Waals surface area contributed by atoms with Crippen LogP contribution in [0.5, 0.6) is 0 Å². The first-order chi connectivity index (χ1) is 12.0. The van der Waals surface area contributed by atoms with Crippen molar-refractivity contribution < 1.29 is 9.59 Å². The zero-order valence-corrected chi connectivity index (χ0v) is 14.9. The number of rotatable bonds is 5. The zero-order chi connectivity index (χ0) is 18.2. The number of carbonyl (C=O) groups excluding carboxylic acids is 2. The molecule has 2 amide bonds. The van der Waals surface area contributed by atoms with Crippen LogP contribution in [-0.2, 0) is 9.59 Å². The Hall–Kier alpha value is -2.61. The third-order valence-electron chi connectivity index (χ3n) is 4.24. The maximum atomic E-state index is 12.0. The molecule has 0 unspecified atom stereocenters. The minimum Gasteiger partial charge on any atom is -0.350 e. The second kappa shape index (κ2) is 9.03. The molecule has 0 aromatic heterocycles. The molecule has 1 aromatic carbocycles. The quantitative estimate of drug-likeness (QED) is 0.838. The third-order valence-corrected chi connectivity index (χ3v) is 4.24. The number of carbonyl (C=O) groups is 2. The van der Waals surface area contributed by atoms with Crippen molar-refractivity contribution in [3.05, 3.63) is 41.5 Å². The topological polar surface area (TPSA) is 73.2 Å². The van der Waals surface area contributed by atoms with Gasteiger partial charge in [-0.25, -0.2) is 0 Å². The van der Waals surface area contributed by atoms with Gasteiger partial charge in [0.05, 0.1) is 11.6 Å². The molecule has 1 saturated heterocycles. The van der Waals surface area contributed by atoms with Crippen molar-refractivity contribution in [2.24, 2.45) is 5.92 Å². The molecule has 0 saturated carbocycles. The fourth-order valence-electron chi connectivity index (χ4n) is 2.84. The van der Waals surface area contributed by atoms with Crippen LogP contribution in [-0.4, -0.2) is 35.8 Å². The third kappa shape index (κ3) is 6.07. The number of benzene rings is 1. The van der Waals surface area contributed by atoms with Gasteiger partial charge in [0.1, 0.15) is 0 Å². The van der Waals surface area contributed by atoms with Gasteiger partial charge in [-0.2, -0.15) is 5.26 Å². The Morgan fingerprint density at radius 3 is 2.48 bits per heavy atom. The highest BCUT2D eigenvalue weighted by atomic mass is 16.2. The number of amides is 2. The fourth-order valence-corrected chi connectivity index (χ4v) is 2.84. The summed E-state index contributed by atoms with van der Waals surface area (Å²) in [6.45, 7) is 5.50. The van der Waals surface area contributed by atoms with Crippen LogP contribution in [0.2, 0.25) is 0 Å². The van der Waals surface area contributed by atoms with Crippen LogP contribution in [0.15, 0.2) is 30.3 Å². The molecule has 0 spiro atoms. The second-order valence-electron chi connectivity index (χ2n) is 6.83. The average Bonchev–Trinajstić information content (AvgIpc) is 2.60. The molecule has 1 aromatic rings. The summed E-state index contributed by atoms with van der Waals surface area (Å²) in [7, 11) is 0. The Morgan fingerprint density at radius 1 is 1.28 bits per heavy atom. The molecule has 25 heavy (non-hydrogen) atoms. The summed E-state index contributed by atoms with van der Waals surface area (Å²) < 4.78 is 0. The van der Waals surface area contributed by atoms with E-state index in [4.69, 9.17) is 5.26 Å². The zero-order valence-electron chi connectivity index (χ0n) is 14.9. The van der Waals surface area contributed by atoms with Gasteiger partial charge in [0.15, 0.2) is 0 Å². The van der Waals surface area contributed by atoms with E-state index in [9.17, 15) is 9.59 Å². The van der Waals surface area contributed by atoms with Crippen molar-refractivity contribution in [1.29, 1.82) is 5.26 Å². The van der Waals surface area contributed by atoms with Crippen molar-refractivity contribution in [2.75, 3.05) is 13.1 Å². The minimum atomic E-state index is -0.128. The van der Waals surface area contributed by atoms with Gasteiger partial charge < -0.3 is 10.2 Å². The first kappa shape index (κ1) is 18.7. The fraction of sp³-hybridized carbons (Fsp3) is 0.450. The number of hydrogen-bond acceptors (Lipinski definition) is 3. The SMILES string of the molecule is CC(C)CC(=O)N1CCC(NC(=O)/C=C\c2ccc(C#N)cc2)CC1. The van der Waals surface area contributed by atoms with Crippen LogP contribution in [0, 0.1) is 17.2 Å². The lowest BCUT2D eigenvalue weighted by Crippen LogP contribution is -2.46. The monoisotopic (exact) mass is 339 g/mol. The summed E-state index contributed by atoms with van der Waals surface area (Å²) in [5, 5.41) is 11.8. The lowest BCUT2D eigenvalue weighted by atomic mass is 10.0. The first-order valence-corrected chi connectivity index (χ1v) is 8.74. The van der Waals surface area contributed by atoms with Crippen molar-refractivity contribution in [2.45, 2.75) is 39.2 Å². The molecule has 0 bridgehead atoms. The minimum absolute atomic E-state index is 0.112. The number of nitrogens with zero attached hydrogens (tertiary/aromatic N) is 2. The molecular weight excluding hydrogens is 314 g/mol. The van der Waals surface area contributed by atoms with Gasteiger partial charge in [-0.05, 0) is 42.5 Å². The van der Waals surface area contributed by atoms with Crippen molar-refractivity contribution >= 4 is 17.9 Å². The van der Waals surface area contributed by atoms with Crippen LogP contribution >= 0.6 is 0 Å². The predicted octanol–water partition coefficient (Wildman–Crippen LogP) is 2.72. The normalized spacial score (nSPS) is 15.4. The summed E-state index contributed by atoms with van der Waals surface area (Å²) in [6, 6.07) is 9.24. The molecule has 1 fully saturated rings. The molecule has 132 valence electrons. The summed E-state index contributed by atoms with van der Waals surface area (Å²) in [6.07, 6.45) is 5.42. The molecule has 0 radical (unpaired) electrons. The van der Waals surface area contributed by atoms with Crippen LogP contribution in [0.4, 0.5) is 0 Å². The molecule has 2 rings (SSSR count). The predicted molar refractivity (Wildman–Crippen MR) is 97.4 cm³/mol. The van der Waals surface area contributed by atoms with Crippen LogP contribution in [0.25, 0.3) is 6.08 Å². The summed E-state index contributed by atoms with van der Waals surface area (Å²) in [4.78, 5) is 26.0. The van der Waals surface area contributed by atoms with E-state index >= 15 is 0 Å². The molecule has 1 aliphatic heterocycles. The number of nitrogens with one attached hydrogen (secondary N) is 1. The Kier molecular flexibility index (Phi) is 6.76. The lowest BCUT2D eigenvalue weighted by Gasteiger charge is -2.32. The second-order valence-corrected chi connectivity index (χ2v) is 6.83. The molecule has 1 aliphatic rings. The molecule has 1 N–H and O–H groups in total. The van der Waals surface area contributed by atoms with Crippen LogP contribution < -0.4 is 5.32 Å². The standard InChI is InChI=1S/C20H25N3O2/c1-15(2)13-20(25)23-11-9-18(10-12-23)22-19(24)8-7-16-3-5-17(14-21)6-4-16/h3-8,15,18H,9-13H2,1-2H3,(H,22,24)/b8-7-. The Bertz CT molecular complexity index is 663. The molecular formula is C20H25N3O2. The Labute approximate surface area is 149 Å². The number of hydrogen-bond donors (Lipinski definition) is 1. The Morgan fingerprint density at radius 2 is 1.92 bits per heavy atom. The van der Waals surface area contributed by atoms with E-state index in [-0.39, 0.29) is 17.9 Å². The van der Waals surface area contributed by atoms with Gasteiger partial charge >= 0.3 is 0 Å². The summed E-state index contributed by atoms with van der Waals surface area (Å²) >= 11 is 0. The van der Waals surface area contributed by atoms with Gasteiger partial charge in [0.25, 0.3) is 0 Å². The van der Waals surface area contributed by atoms with E-state index < -0.39 is 0 Å². The molecule has 0 aliphatic carbocycles. The van der Waals surface area contributed by atoms with E-state index in [0.29, 0.717) is 31.0 Å². The highest BCUT2D eigenvalue weighted by molar-refractivity contribution is 5.91. The number of nitriles is 1. The van der Waals surface area contributed by atoms with E-state index in [1.807, 2.05) is 18.7 Å². The van der Waals surface area contributed by atoms with Gasteiger partial charge in [-0.1, -0.05) is 26.0 Å². The summed E-state index contributed by atoms with van der Waals surface area (Å²) in [5.74, 6) is 0.453. The van der Waals surface area contributed by atoms with Gasteiger partial charge in [0, 0.05) is 31.6 Å². The van der Waals surface area contributed by atoms with Gasteiger partial charge in [-0.3, -0.25) is 9.59 Å². The number of piperidine rings is 1. The average molecular weight is 339 g/mol. The highest BCUT2D eigenvalue weighted by Gasteiger charge is 2.23. The van der Waals surface area contributed by atoms with Gasteiger partial charge in [-0.15, -0.1) is 0 Å². The van der Waals surface area contributed by atoms with E-state index in [1.165, 1.54) is 6.08 Å². The van der Waals surface area contributed by atoms with Crippen molar-refractivity contribution in [3.63, 3.8) is 0 Å². The molecule has 5 nitrogen and oxygen atoms in total. The Balaban J connectivity index is 1.77. The number of likely N-dealkylation sites (tertiary alicyclic amines) is 1. The molecule has 0 atom stereocenters. The van der Waals surface area contributed by atoms with Crippen molar-refractivity contribution in [3.8, 4) is 6.07 Å². The van der Waals surface area contributed by atoms with Gasteiger partial charge in [0.2, 0.25) is 11.8 Å². The maximum Gasteiger partial charge on any atom is 0.244 e. The van der Waals surface area contributed by atoms with Crippen LogP contribution in [0.3, 0.4) is 0 Å². The van der Waals surface area contributed by atoms with E-state index in [2.05, 4.69) is 11.4 Å². The molecule has 1 heterocycles. The lowest BCUT2D eigenvalue weighted by molar-refractivity contribution is -0.133. The smallest absolute Gasteiger partial charge is 0.244 e.